The van der Waals surface area contributed by atoms with Crippen molar-refractivity contribution in [2.45, 2.75) is 17.4 Å². The van der Waals surface area contributed by atoms with E-state index in [4.69, 9.17) is 11.6 Å². The molecule has 0 radical (unpaired) electrons. The Kier molecular flexibility index (Phi) is 7.90. The number of hydrogen-bond acceptors (Lipinski definition) is 6. The molecule has 30 heavy (non-hydrogen) atoms. The summed E-state index contributed by atoms with van der Waals surface area (Å²) in [6, 6.07) is 14.5. The SMILES string of the molecule is CSCC[C@@H](NS(=O)(=O)c1ccc(Cl)cc1)C(=O)Nc1nc(-c2ccccc2)cs1. The number of nitrogens with one attached hydrogen (secondary N) is 2. The number of hydrogen-bond donors (Lipinski definition) is 2. The number of amides is 1. The predicted molar refractivity (Wildman–Crippen MR) is 125 cm³/mol. The summed E-state index contributed by atoms with van der Waals surface area (Å²) in [6.45, 7) is 0. The van der Waals surface area contributed by atoms with Crippen molar-refractivity contribution in [2.75, 3.05) is 17.3 Å². The van der Waals surface area contributed by atoms with Crippen LogP contribution in [-0.2, 0) is 14.8 Å². The number of carbonyl (C=O) groups excluding carboxylic acids is 1. The molecule has 1 aromatic heterocycles. The van der Waals surface area contributed by atoms with Crippen LogP contribution in [0.15, 0.2) is 64.9 Å². The molecule has 2 N–H and O–H groups in total. The van der Waals surface area contributed by atoms with Crippen molar-refractivity contribution < 1.29 is 13.2 Å². The molecule has 0 fully saturated rings. The highest BCUT2D eigenvalue weighted by atomic mass is 35.5. The number of sulfonamides is 1. The second kappa shape index (κ2) is 10.4. The van der Waals surface area contributed by atoms with E-state index >= 15 is 0 Å². The van der Waals surface area contributed by atoms with Gasteiger partial charge in [-0.15, -0.1) is 11.3 Å². The third-order valence-corrected chi connectivity index (χ3v) is 7.29. The molecule has 3 rings (SSSR count). The summed E-state index contributed by atoms with van der Waals surface area (Å²) in [5.41, 5.74) is 1.69. The molecule has 158 valence electrons. The van der Waals surface area contributed by atoms with Gasteiger partial charge in [0.25, 0.3) is 0 Å². The maximum Gasteiger partial charge on any atom is 0.244 e. The van der Waals surface area contributed by atoms with Crippen molar-refractivity contribution in [1.29, 1.82) is 0 Å². The molecule has 0 saturated heterocycles. The molecule has 0 spiro atoms. The Hall–Kier alpha value is -1.91. The van der Waals surface area contributed by atoms with Crippen LogP contribution in [0.5, 0.6) is 0 Å². The summed E-state index contributed by atoms with van der Waals surface area (Å²) in [5.74, 6) is 0.171. The van der Waals surface area contributed by atoms with Gasteiger partial charge in [-0.25, -0.2) is 13.4 Å². The van der Waals surface area contributed by atoms with Crippen LogP contribution in [0.3, 0.4) is 0 Å². The van der Waals surface area contributed by atoms with E-state index in [2.05, 4.69) is 15.0 Å². The number of halogens is 1. The Balaban J connectivity index is 1.74. The fraction of sp³-hybridized carbons (Fsp3) is 0.200. The maximum atomic E-state index is 12.8. The highest BCUT2D eigenvalue weighted by Gasteiger charge is 2.26. The molecule has 2 aromatic carbocycles. The van der Waals surface area contributed by atoms with E-state index in [1.54, 1.807) is 0 Å². The average Bonchev–Trinajstić information content (AvgIpc) is 3.20. The Morgan fingerprint density at radius 2 is 1.87 bits per heavy atom. The number of thioether (sulfide) groups is 1. The fourth-order valence-electron chi connectivity index (χ4n) is 2.61. The lowest BCUT2D eigenvalue weighted by Crippen LogP contribution is -2.44. The minimum absolute atomic E-state index is 0.0504. The van der Waals surface area contributed by atoms with Crippen LogP contribution in [0.1, 0.15) is 6.42 Å². The number of benzene rings is 2. The van der Waals surface area contributed by atoms with E-state index < -0.39 is 22.0 Å². The molecule has 1 heterocycles. The lowest BCUT2D eigenvalue weighted by Gasteiger charge is -2.17. The van der Waals surface area contributed by atoms with E-state index in [0.717, 1.165) is 11.3 Å². The van der Waals surface area contributed by atoms with Crippen molar-refractivity contribution in [2.24, 2.45) is 0 Å². The predicted octanol–water partition coefficient (Wildman–Crippen LogP) is 4.50. The number of anilines is 1. The van der Waals surface area contributed by atoms with E-state index in [0.29, 0.717) is 22.3 Å². The van der Waals surface area contributed by atoms with Gasteiger partial charge in [0.15, 0.2) is 5.13 Å². The Labute approximate surface area is 189 Å². The number of rotatable bonds is 9. The number of aromatic nitrogens is 1. The summed E-state index contributed by atoms with van der Waals surface area (Å²) in [4.78, 5) is 17.3. The van der Waals surface area contributed by atoms with E-state index in [9.17, 15) is 13.2 Å². The van der Waals surface area contributed by atoms with E-state index in [1.165, 1.54) is 47.4 Å². The third kappa shape index (κ3) is 6.05. The summed E-state index contributed by atoms with van der Waals surface area (Å²) in [6.07, 6.45) is 2.24. The van der Waals surface area contributed by atoms with Crippen LogP contribution in [-0.4, -0.2) is 37.4 Å². The summed E-state index contributed by atoms with van der Waals surface area (Å²) in [7, 11) is -3.88. The van der Waals surface area contributed by atoms with Crippen molar-refractivity contribution in [3.05, 3.63) is 65.0 Å². The van der Waals surface area contributed by atoms with Gasteiger partial charge in [-0.05, 0) is 42.7 Å². The molecule has 0 aliphatic rings. The average molecular weight is 482 g/mol. The van der Waals surface area contributed by atoms with Crippen molar-refractivity contribution in [3.63, 3.8) is 0 Å². The second-order valence-corrected chi connectivity index (χ2v) is 10.3. The standard InChI is InChI=1S/C20H20ClN3O3S3/c1-28-12-11-17(24-30(26,27)16-9-7-15(21)8-10-16)19(25)23-20-22-18(13-29-20)14-5-3-2-4-6-14/h2-10,13,17,24H,11-12H2,1H3,(H,22,23,25)/t17-/m1/s1. The van der Waals surface area contributed by atoms with Crippen molar-refractivity contribution in [1.82, 2.24) is 9.71 Å². The van der Waals surface area contributed by atoms with Crippen molar-refractivity contribution >= 4 is 55.8 Å². The van der Waals surface area contributed by atoms with Gasteiger partial charge in [0.2, 0.25) is 15.9 Å². The third-order valence-electron chi connectivity index (χ3n) is 4.15. The molecular weight excluding hydrogens is 462 g/mol. The van der Waals surface area contributed by atoms with Crippen LogP contribution in [0.4, 0.5) is 5.13 Å². The monoisotopic (exact) mass is 481 g/mol. The molecule has 0 aliphatic carbocycles. The normalized spacial score (nSPS) is 12.5. The molecule has 6 nitrogen and oxygen atoms in total. The highest BCUT2D eigenvalue weighted by molar-refractivity contribution is 7.98. The first kappa shape index (κ1) is 22.8. The largest absolute Gasteiger partial charge is 0.301 e. The van der Waals surface area contributed by atoms with Gasteiger partial charge in [-0.1, -0.05) is 41.9 Å². The number of carbonyl (C=O) groups is 1. The van der Waals surface area contributed by atoms with Gasteiger partial charge < -0.3 is 5.32 Å². The minimum atomic E-state index is -3.88. The molecular formula is C20H20ClN3O3S3. The second-order valence-electron chi connectivity index (χ2n) is 6.30. The maximum absolute atomic E-state index is 12.8. The first-order valence-electron chi connectivity index (χ1n) is 8.97. The van der Waals surface area contributed by atoms with E-state index in [-0.39, 0.29) is 4.90 Å². The van der Waals surface area contributed by atoms with Crippen LogP contribution < -0.4 is 10.0 Å². The molecule has 0 aliphatic heterocycles. The number of thiazole rings is 1. The molecule has 10 heteroatoms. The minimum Gasteiger partial charge on any atom is -0.301 e. The quantitative estimate of drug-likeness (QED) is 0.469. The van der Waals surface area contributed by atoms with Crippen LogP contribution in [0.2, 0.25) is 5.02 Å². The van der Waals surface area contributed by atoms with Crippen LogP contribution >= 0.6 is 34.7 Å². The lowest BCUT2D eigenvalue weighted by molar-refractivity contribution is -0.117. The Bertz CT molecular complexity index is 1090. The zero-order chi connectivity index (χ0) is 21.6. The zero-order valence-electron chi connectivity index (χ0n) is 16.0. The van der Waals surface area contributed by atoms with Gasteiger partial charge in [-0.3, -0.25) is 4.79 Å². The zero-order valence-corrected chi connectivity index (χ0v) is 19.2. The number of nitrogens with zero attached hydrogens (tertiary/aromatic N) is 1. The smallest absolute Gasteiger partial charge is 0.244 e. The van der Waals surface area contributed by atoms with Gasteiger partial charge in [0.05, 0.1) is 10.6 Å². The Morgan fingerprint density at radius 1 is 1.17 bits per heavy atom. The topological polar surface area (TPSA) is 88.2 Å². The molecule has 1 amide bonds. The summed E-state index contributed by atoms with van der Waals surface area (Å²) in [5, 5.41) is 5.43. The Morgan fingerprint density at radius 3 is 2.53 bits per heavy atom. The summed E-state index contributed by atoms with van der Waals surface area (Å²) >= 11 is 8.66. The molecule has 3 aromatic rings. The molecule has 1 atom stereocenters. The lowest BCUT2D eigenvalue weighted by atomic mass is 10.2. The van der Waals surface area contributed by atoms with Crippen LogP contribution in [0, 0.1) is 0 Å². The van der Waals surface area contributed by atoms with Crippen molar-refractivity contribution in [3.8, 4) is 11.3 Å². The molecule has 0 unspecified atom stereocenters. The van der Waals surface area contributed by atoms with E-state index in [1.807, 2.05) is 42.0 Å². The first-order valence-corrected chi connectivity index (χ1v) is 13.1. The van der Waals surface area contributed by atoms with Gasteiger partial charge >= 0.3 is 0 Å². The fourth-order valence-corrected chi connectivity index (χ4v) is 5.16. The van der Waals surface area contributed by atoms with Crippen LogP contribution in [0.25, 0.3) is 11.3 Å². The van der Waals surface area contributed by atoms with Gasteiger partial charge in [0.1, 0.15) is 6.04 Å². The first-order chi connectivity index (χ1) is 14.4. The van der Waals surface area contributed by atoms with Gasteiger partial charge in [0, 0.05) is 16.0 Å². The molecule has 0 saturated carbocycles. The highest BCUT2D eigenvalue weighted by Crippen LogP contribution is 2.25. The molecule has 0 bridgehead atoms. The van der Waals surface area contributed by atoms with Gasteiger partial charge in [-0.2, -0.15) is 16.5 Å². The summed E-state index contributed by atoms with van der Waals surface area (Å²) < 4.78 is 27.9.